The van der Waals surface area contributed by atoms with Gasteiger partial charge in [0.05, 0.1) is 28.6 Å². The molecule has 0 radical (unpaired) electrons. The summed E-state index contributed by atoms with van der Waals surface area (Å²) in [6.07, 6.45) is 4.00. The molecule has 3 rings (SSSR count). The lowest BCUT2D eigenvalue weighted by atomic mass is 10.0. The number of hydrogen-bond donors (Lipinski definition) is 4. The Morgan fingerprint density at radius 3 is 2.82 bits per heavy atom. The molecule has 1 amide bonds. The number of nitrogens with one attached hydrogen (secondary N) is 3. The summed E-state index contributed by atoms with van der Waals surface area (Å²) in [6.45, 7) is 10.7. The molecule has 2 heterocycles. The van der Waals surface area contributed by atoms with Crippen LogP contribution in [0.1, 0.15) is 53.3 Å². The first-order valence-electron chi connectivity index (χ1n) is 9.01. The Hall–Kier alpha value is -2.51. The van der Waals surface area contributed by atoms with Crippen LogP contribution in [0, 0.1) is 0 Å². The Bertz CT molecular complexity index is 973. The number of rotatable bonds is 5. The van der Waals surface area contributed by atoms with Crippen LogP contribution in [0.2, 0.25) is 0 Å². The van der Waals surface area contributed by atoms with Crippen molar-refractivity contribution >= 4 is 41.8 Å². The third kappa shape index (κ3) is 4.48. The lowest BCUT2D eigenvalue weighted by molar-refractivity contribution is 0.0950. The topological polar surface area (TPSA) is 66.0 Å². The second kappa shape index (κ2) is 8.67. The highest BCUT2D eigenvalue weighted by atomic mass is 32.1. The quantitative estimate of drug-likeness (QED) is 0.530. The predicted molar refractivity (Wildman–Crippen MR) is 120 cm³/mol. The maximum Gasteiger partial charge on any atom is 0.251 e. The highest BCUT2D eigenvalue weighted by molar-refractivity contribution is 7.78. The van der Waals surface area contributed by atoms with Crippen molar-refractivity contribution < 1.29 is 4.79 Å². The third-order valence-corrected chi connectivity index (χ3v) is 5.83. The van der Waals surface area contributed by atoms with Gasteiger partial charge >= 0.3 is 0 Å². The number of anilines is 1. The third-order valence-electron chi connectivity index (χ3n) is 4.42. The van der Waals surface area contributed by atoms with Gasteiger partial charge in [0.25, 0.3) is 5.91 Å². The van der Waals surface area contributed by atoms with E-state index in [-0.39, 0.29) is 5.91 Å². The zero-order valence-electron chi connectivity index (χ0n) is 16.2. The van der Waals surface area contributed by atoms with Crippen molar-refractivity contribution in [2.75, 3.05) is 5.32 Å². The molecule has 0 saturated carbocycles. The van der Waals surface area contributed by atoms with Crippen LogP contribution in [0.25, 0.3) is 6.08 Å². The van der Waals surface area contributed by atoms with Gasteiger partial charge in [0, 0.05) is 22.5 Å². The zero-order chi connectivity index (χ0) is 20.3. The van der Waals surface area contributed by atoms with Gasteiger partial charge in [-0.15, -0.1) is 11.3 Å². The summed E-state index contributed by atoms with van der Waals surface area (Å²) < 4.78 is 2.86. The molecule has 0 saturated heterocycles. The van der Waals surface area contributed by atoms with Gasteiger partial charge < -0.3 is 15.4 Å². The number of thiol groups is 1. The molecule has 28 heavy (non-hydrogen) atoms. The molecular weight excluding hydrogens is 388 g/mol. The zero-order valence-corrected chi connectivity index (χ0v) is 17.9. The van der Waals surface area contributed by atoms with E-state index in [0.29, 0.717) is 23.7 Å². The van der Waals surface area contributed by atoms with Gasteiger partial charge in [-0.1, -0.05) is 51.5 Å². The largest absolute Gasteiger partial charge is 0.354 e. The fraction of sp³-hybridized carbons (Fsp3) is 0.238. The Morgan fingerprint density at radius 2 is 2.14 bits per heavy atom. The van der Waals surface area contributed by atoms with Crippen LogP contribution in [0.15, 0.2) is 53.2 Å². The summed E-state index contributed by atoms with van der Waals surface area (Å²) >= 11 is 5.78. The van der Waals surface area contributed by atoms with E-state index in [9.17, 15) is 4.79 Å². The molecule has 0 bridgehead atoms. The first-order valence-corrected chi connectivity index (χ1v) is 10.3. The van der Waals surface area contributed by atoms with Crippen molar-refractivity contribution in [3.63, 3.8) is 0 Å². The molecule has 0 unspecified atom stereocenters. The monoisotopic (exact) mass is 412 g/mol. The molecule has 1 aliphatic heterocycles. The molecule has 3 N–H and O–H groups in total. The van der Waals surface area contributed by atoms with Crippen molar-refractivity contribution in [1.82, 2.24) is 15.0 Å². The summed E-state index contributed by atoms with van der Waals surface area (Å²) in [6, 6.07) is 5.58. The molecule has 1 aliphatic rings. The number of carbonyl (C=O) groups is 1. The van der Waals surface area contributed by atoms with E-state index in [4.69, 9.17) is 0 Å². The summed E-state index contributed by atoms with van der Waals surface area (Å²) in [4.78, 5) is 17.2. The Morgan fingerprint density at radius 1 is 1.36 bits per heavy atom. The Kier molecular flexibility index (Phi) is 6.26. The predicted octanol–water partition coefficient (Wildman–Crippen LogP) is 4.86. The van der Waals surface area contributed by atoms with Crippen LogP contribution < -0.4 is 15.4 Å². The highest BCUT2D eigenvalue weighted by Crippen LogP contribution is 2.27. The normalized spacial score (nSPS) is 17.4. The van der Waals surface area contributed by atoms with Gasteiger partial charge in [0.15, 0.2) is 0 Å². The van der Waals surface area contributed by atoms with Gasteiger partial charge in [-0.3, -0.25) is 4.79 Å². The molecule has 0 fully saturated rings. The lowest BCUT2D eigenvalue weighted by Crippen LogP contribution is -2.23. The summed E-state index contributed by atoms with van der Waals surface area (Å²) in [5.74, 6) is 0.254. The van der Waals surface area contributed by atoms with E-state index in [0.717, 1.165) is 33.2 Å². The highest BCUT2D eigenvalue weighted by Gasteiger charge is 2.14. The van der Waals surface area contributed by atoms with Gasteiger partial charge in [-0.2, -0.15) is 0 Å². The summed E-state index contributed by atoms with van der Waals surface area (Å²) in [7, 11) is 0. The van der Waals surface area contributed by atoms with Crippen molar-refractivity contribution in [1.29, 1.82) is 0 Å². The number of fused-ring (bicyclic) bond motifs is 1. The number of amides is 1. The van der Waals surface area contributed by atoms with Crippen LogP contribution in [-0.2, 0) is 6.54 Å². The van der Waals surface area contributed by atoms with Crippen molar-refractivity contribution in [2.45, 2.75) is 33.2 Å². The number of benzene rings is 1. The van der Waals surface area contributed by atoms with Gasteiger partial charge in [0.2, 0.25) is 0 Å². The minimum absolute atomic E-state index is 0.139. The Labute approximate surface area is 175 Å². The number of aromatic nitrogens is 1. The summed E-state index contributed by atoms with van der Waals surface area (Å²) in [5, 5.41) is 9.29. The molecule has 0 spiro atoms. The molecule has 1 aromatic carbocycles. The number of nitrogens with zero attached hydrogens (tertiary/aromatic N) is 1. The van der Waals surface area contributed by atoms with E-state index in [1.54, 1.807) is 11.3 Å². The van der Waals surface area contributed by atoms with E-state index in [1.165, 1.54) is 0 Å². The maximum absolute atomic E-state index is 12.6. The first-order chi connectivity index (χ1) is 13.4. The Balaban J connectivity index is 1.75. The van der Waals surface area contributed by atoms with Crippen molar-refractivity contribution in [2.24, 2.45) is 0 Å². The number of allylic oxidation sites excluding steroid dienone is 2. The molecule has 5 nitrogen and oxygen atoms in total. The minimum Gasteiger partial charge on any atom is -0.354 e. The van der Waals surface area contributed by atoms with E-state index in [2.05, 4.69) is 53.6 Å². The molecule has 0 atom stereocenters. The number of carbonyl (C=O) groups excluding carboxylic acids is 1. The lowest BCUT2D eigenvalue weighted by Gasteiger charge is -2.19. The van der Waals surface area contributed by atoms with Crippen LogP contribution in [0.5, 0.6) is 0 Å². The van der Waals surface area contributed by atoms with Gasteiger partial charge in [0.1, 0.15) is 0 Å². The first kappa shape index (κ1) is 20.2. The van der Waals surface area contributed by atoms with Crippen LogP contribution in [0.4, 0.5) is 5.69 Å². The molecular formula is C21H24N4OS2. The molecule has 0 aliphatic carbocycles. The van der Waals surface area contributed by atoms with Crippen LogP contribution in [-0.4, -0.2) is 10.9 Å². The van der Waals surface area contributed by atoms with Gasteiger partial charge in [-0.25, -0.2) is 4.98 Å². The standard InChI is InChI=1S/C21H24N4OS2/c1-12(2)21-24-17(11-28-21)10-22-20(26)16-8-7-15-6-5-13(3)19(25-27)14(4)23-18(15)9-16/h5-9,11-12,23,25,27H,4,10H2,1-3H3,(H,22,26)/b6-5-,19-13-. The average molecular weight is 413 g/mol. The molecule has 1 aromatic heterocycles. The van der Waals surface area contributed by atoms with E-state index in [1.807, 2.05) is 42.7 Å². The SMILES string of the molecule is C=C1Nc2cc(C(=O)NCc3csc(C(C)C)n3)ccc2/C=C\C(C)=C\1NS. The second-order valence-corrected chi connectivity index (χ2v) is 8.04. The van der Waals surface area contributed by atoms with Crippen molar-refractivity contribution in [3.05, 3.63) is 75.0 Å². The fourth-order valence-corrected chi connectivity index (χ4v) is 3.96. The number of thiazole rings is 1. The van der Waals surface area contributed by atoms with Crippen molar-refractivity contribution in [3.8, 4) is 0 Å². The molecule has 7 heteroatoms. The minimum atomic E-state index is -0.139. The fourth-order valence-electron chi connectivity index (χ4n) is 2.81. The molecule has 146 valence electrons. The number of hydrogen-bond acceptors (Lipinski definition) is 6. The second-order valence-electron chi connectivity index (χ2n) is 6.92. The van der Waals surface area contributed by atoms with E-state index >= 15 is 0 Å². The van der Waals surface area contributed by atoms with Gasteiger partial charge in [-0.05, 0) is 30.2 Å². The van der Waals surface area contributed by atoms with Crippen LogP contribution >= 0.6 is 24.2 Å². The smallest absolute Gasteiger partial charge is 0.251 e. The van der Waals surface area contributed by atoms with E-state index < -0.39 is 0 Å². The average Bonchev–Trinajstić information content (AvgIpc) is 3.14. The maximum atomic E-state index is 12.6. The molecule has 2 aromatic rings. The summed E-state index contributed by atoms with van der Waals surface area (Å²) in [5.41, 5.74) is 5.78. The van der Waals surface area contributed by atoms with Crippen LogP contribution in [0.3, 0.4) is 0 Å².